The first-order chi connectivity index (χ1) is 9.56. The van der Waals surface area contributed by atoms with Gasteiger partial charge in [-0.1, -0.05) is 20.3 Å². The van der Waals surface area contributed by atoms with E-state index in [1.54, 1.807) is 0 Å². The van der Waals surface area contributed by atoms with E-state index in [0.29, 0.717) is 30.2 Å². The zero-order valence-electron chi connectivity index (χ0n) is 12.6. The molecule has 0 spiro atoms. The van der Waals surface area contributed by atoms with Crippen LogP contribution < -0.4 is 11.1 Å². The van der Waals surface area contributed by atoms with Gasteiger partial charge < -0.3 is 16.0 Å². The van der Waals surface area contributed by atoms with Gasteiger partial charge in [0.2, 0.25) is 11.8 Å². The third-order valence-electron chi connectivity index (χ3n) is 4.66. The molecule has 5 nitrogen and oxygen atoms in total. The van der Waals surface area contributed by atoms with Crippen LogP contribution >= 0.6 is 0 Å². The molecule has 1 saturated heterocycles. The number of amides is 2. The van der Waals surface area contributed by atoms with Crippen LogP contribution in [0.4, 0.5) is 0 Å². The van der Waals surface area contributed by atoms with E-state index in [-0.39, 0.29) is 11.9 Å². The number of likely N-dealkylation sites (tertiary alicyclic amines) is 1. The minimum atomic E-state index is -0.279. The Morgan fingerprint density at radius 3 is 2.50 bits per heavy atom. The number of nitrogens with zero attached hydrogens (tertiary/aromatic N) is 1. The summed E-state index contributed by atoms with van der Waals surface area (Å²) in [6.07, 6.45) is 4.77. The lowest BCUT2D eigenvalue weighted by Crippen LogP contribution is -2.55. The van der Waals surface area contributed by atoms with Gasteiger partial charge in [0.15, 0.2) is 0 Å². The van der Waals surface area contributed by atoms with Crippen LogP contribution in [0.25, 0.3) is 0 Å². The van der Waals surface area contributed by atoms with Crippen molar-refractivity contribution in [2.24, 2.45) is 17.6 Å². The molecular formula is C15H27N3O2. The summed E-state index contributed by atoms with van der Waals surface area (Å²) in [5.41, 5.74) is 5.41. The molecule has 2 fully saturated rings. The van der Waals surface area contributed by atoms with Crippen molar-refractivity contribution < 1.29 is 9.59 Å². The maximum atomic E-state index is 12.1. The van der Waals surface area contributed by atoms with Gasteiger partial charge in [0.05, 0.1) is 6.04 Å². The Balaban J connectivity index is 1.92. The molecular weight excluding hydrogens is 254 g/mol. The van der Waals surface area contributed by atoms with Crippen LogP contribution in [0.5, 0.6) is 0 Å². The Hall–Kier alpha value is -1.10. The van der Waals surface area contributed by atoms with Crippen LogP contribution in [-0.2, 0) is 9.59 Å². The first-order valence-electron chi connectivity index (χ1n) is 7.90. The molecule has 2 amide bonds. The summed E-state index contributed by atoms with van der Waals surface area (Å²) in [5.74, 6) is 0.772. The third-order valence-corrected chi connectivity index (χ3v) is 4.66. The van der Waals surface area contributed by atoms with Crippen LogP contribution in [0.2, 0.25) is 0 Å². The van der Waals surface area contributed by atoms with E-state index in [1.807, 2.05) is 11.8 Å². The van der Waals surface area contributed by atoms with E-state index in [1.165, 1.54) is 0 Å². The number of hydrogen-bond donors (Lipinski definition) is 2. The number of piperidine rings is 1. The lowest BCUT2D eigenvalue weighted by atomic mass is 9.88. The predicted octanol–water partition coefficient (Wildman–Crippen LogP) is 0.877. The second kappa shape index (κ2) is 6.57. The summed E-state index contributed by atoms with van der Waals surface area (Å²) in [7, 11) is 0. The molecule has 114 valence electrons. The fourth-order valence-corrected chi connectivity index (χ4v) is 3.11. The summed E-state index contributed by atoms with van der Waals surface area (Å²) < 4.78 is 0. The van der Waals surface area contributed by atoms with Crippen molar-refractivity contribution in [2.75, 3.05) is 13.1 Å². The average molecular weight is 281 g/mol. The zero-order chi connectivity index (χ0) is 14.7. The molecule has 3 atom stereocenters. The molecule has 20 heavy (non-hydrogen) atoms. The molecule has 0 aromatic carbocycles. The monoisotopic (exact) mass is 281 g/mol. The van der Waals surface area contributed by atoms with E-state index in [4.69, 9.17) is 5.73 Å². The standard InChI is InChI=1S/C15H27N3O2/c1-3-10-9-18(15(20)11-5-6-11)8-7-13(10)17-12(4-2)14(16)19/h10-13,17H,3-9H2,1-2H3,(H2,16,19). The minimum Gasteiger partial charge on any atom is -0.368 e. The van der Waals surface area contributed by atoms with Gasteiger partial charge in [-0.25, -0.2) is 0 Å². The van der Waals surface area contributed by atoms with Crippen molar-refractivity contribution >= 4 is 11.8 Å². The van der Waals surface area contributed by atoms with Gasteiger partial charge in [-0.05, 0) is 31.6 Å². The normalized spacial score (nSPS) is 28.2. The molecule has 0 bridgehead atoms. The highest BCUT2D eigenvalue weighted by atomic mass is 16.2. The number of carbonyl (C=O) groups excluding carboxylic acids is 2. The summed E-state index contributed by atoms with van der Waals surface area (Å²) in [5, 5.41) is 3.40. The van der Waals surface area contributed by atoms with Crippen LogP contribution in [-0.4, -0.2) is 41.9 Å². The van der Waals surface area contributed by atoms with Gasteiger partial charge >= 0.3 is 0 Å². The van der Waals surface area contributed by atoms with Gasteiger partial charge in [-0.2, -0.15) is 0 Å². The molecule has 0 aromatic rings. The summed E-state index contributed by atoms with van der Waals surface area (Å²) in [6, 6.07) is 0.0421. The summed E-state index contributed by atoms with van der Waals surface area (Å²) in [6.45, 7) is 5.74. The molecule has 1 aliphatic carbocycles. The van der Waals surface area contributed by atoms with Crippen molar-refractivity contribution in [3.8, 4) is 0 Å². The van der Waals surface area contributed by atoms with E-state index in [0.717, 1.165) is 38.8 Å². The number of rotatable bonds is 6. The molecule has 2 aliphatic rings. The highest BCUT2D eigenvalue weighted by Crippen LogP contribution is 2.33. The molecule has 3 N–H and O–H groups in total. The molecule has 1 aliphatic heterocycles. The lowest BCUT2D eigenvalue weighted by molar-refractivity contribution is -0.135. The highest BCUT2D eigenvalue weighted by molar-refractivity contribution is 5.81. The first-order valence-corrected chi connectivity index (χ1v) is 7.90. The smallest absolute Gasteiger partial charge is 0.234 e. The molecule has 3 unspecified atom stereocenters. The van der Waals surface area contributed by atoms with Crippen molar-refractivity contribution in [1.82, 2.24) is 10.2 Å². The van der Waals surface area contributed by atoms with Crippen molar-refractivity contribution in [3.63, 3.8) is 0 Å². The fraction of sp³-hybridized carbons (Fsp3) is 0.867. The third kappa shape index (κ3) is 3.51. The van der Waals surface area contributed by atoms with Gasteiger partial charge in [0.1, 0.15) is 0 Å². The van der Waals surface area contributed by atoms with E-state index in [9.17, 15) is 9.59 Å². The van der Waals surface area contributed by atoms with Crippen LogP contribution in [0.3, 0.4) is 0 Å². The number of nitrogens with one attached hydrogen (secondary N) is 1. The lowest BCUT2D eigenvalue weighted by Gasteiger charge is -2.40. The molecule has 5 heteroatoms. The Morgan fingerprint density at radius 1 is 1.30 bits per heavy atom. The Morgan fingerprint density at radius 2 is 2.00 bits per heavy atom. The molecule has 0 aromatic heterocycles. The maximum Gasteiger partial charge on any atom is 0.234 e. The number of hydrogen-bond acceptors (Lipinski definition) is 3. The van der Waals surface area contributed by atoms with E-state index >= 15 is 0 Å². The SMILES string of the molecule is CCC(NC1CCN(C(=O)C2CC2)CC1CC)C(N)=O. The number of primary amides is 1. The van der Waals surface area contributed by atoms with Gasteiger partial charge in [0, 0.05) is 25.0 Å². The van der Waals surface area contributed by atoms with Crippen LogP contribution in [0, 0.1) is 11.8 Å². The molecule has 1 saturated carbocycles. The predicted molar refractivity (Wildman–Crippen MR) is 77.9 cm³/mol. The number of nitrogens with two attached hydrogens (primary N) is 1. The first kappa shape index (κ1) is 15.3. The minimum absolute atomic E-state index is 0.250. The van der Waals surface area contributed by atoms with E-state index < -0.39 is 0 Å². The summed E-state index contributed by atoms with van der Waals surface area (Å²) >= 11 is 0. The highest BCUT2D eigenvalue weighted by Gasteiger charge is 2.38. The van der Waals surface area contributed by atoms with E-state index in [2.05, 4.69) is 12.2 Å². The van der Waals surface area contributed by atoms with Gasteiger partial charge in [-0.3, -0.25) is 9.59 Å². The molecule has 0 radical (unpaired) electrons. The Bertz CT molecular complexity index is 368. The van der Waals surface area contributed by atoms with Crippen LogP contribution in [0.1, 0.15) is 46.0 Å². The fourth-order valence-electron chi connectivity index (χ4n) is 3.11. The zero-order valence-corrected chi connectivity index (χ0v) is 12.6. The maximum absolute atomic E-state index is 12.1. The second-order valence-corrected chi connectivity index (χ2v) is 6.15. The van der Waals surface area contributed by atoms with Gasteiger partial charge in [0.25, 0.3) is 0 Å². The average Bonchev–Trinajstić information content (AvgIpc) is 3.28. The Labute approximate surface area is 121 Å². The number of carbonyl (C=O) groups is 2. The van der Waals surface area contributed by atoms with Crippen molar-refractivity contribution in [3.05, 3.63) is 0 Å². The topological polar surface area (TPSA) is 75.4 Å². The molecule has 1 heterocycles. The largest absolute Gasteiger partial charge is 0.368 e. The van der Waals surface area contributed by atoms with Crippen molar-refractivity contribution in [2.45, 2.75) is 58.0 Å². The Kier molecular flexibility index (Phi) is 5.02. The van der Waals surface area contributed by atoms with Crippen molar-refractivity contribution in [1.29, 1.82) is 0 Å². The quantitative estimate of drug-likeness (QED) is 0.759. The summed E-state index contributed by atoms with van der Waals surface area (Å²) in [4.78, 5) is 25.5. The van der Waals surface area contributed by atoms with Crippen LogP contribution in [0.15, 0.2) is 0 Å². The van der Waals surface area contributed by atoms with Gasteiger partial charge in [-0.15, -0.1) is 0 Å². The molecule has 2 rings (SSSR count). The second-order valence-electron chi connectivity index (χ2n) is 6.15.